The molecule has 0 fully saturated rings. The molecule has 1 atom stereocenters. The molecule has 2 nitrogen and oxygen atoms in total. The molecule has 0 aliphatic carbocycles. The van der Waals surface area contributed by atoms with E-state index in [1.165, 1.54) is 5.56 Å². The third kappa shape index (κ3) is 3.69. The van der Waals surface area contributed by atoms with Crippen LogP contribution in [0, 0.1) is 5.41 Å². The predicted molar refractivity (Wildman–Crippen MR) is 70.8 cm³/mol. The average molecular weight is 218 g/mol. The van der Waals surface area contributed by atoms with Crippen molar-refractivity contribution in [2.24, 2.45) is 16.1 Å². The monoisotopic (exact) mass is 218 g/mol. The van der Waals surface area contributed by atoms with E-state index in [0.29, 0.717) is 5.92 Å². The summed E-state index contributed by atoms with van der Waals surface area (Å²) in [5.74, 6) is 1.15. The second kappa shape index (κ2) is 5.15. The van der Waals surface area contributed by atoms with E-state index in [1.807, 2.05) is 6.07 Å². The van der Waals surface area contributed by atoms with Crippen molar-refractivity contribution in [3.05, 3.63) is 35.9 Å². The van der Waals surface area contributed by atoms with Crippen LogP contribution < -0.4 is 5.73 Å². The summed E-state index contributed by atoms with van der Waals surface area (Å²) in [7, 11) is 0. The molecule has 0 saturated heterocycles. The van der Waals surface area contributed by atoms with Crippen LogP contribution >= 0.6 is 0 Å². The Morgan fingerprint density at radius 1 is 1.25 bits per heavy atom. The van der Waals surface area contributed by atoms with Gasteiger partial charge in [0.2, 0.25) is 0 Å². The maximum atomic E-state index is 5.93. The van der Waals surface area contributed by atoms with Crippen LogP contribution in [0.5, 0.6) is 0 Å². The standard InChI is InChI=1S/C14H22N2/c1-11(12-8-6-5-7-9-12)10-16-13(15)14(2,3)4/h5-9,11H,10H2,1-4H3,(H2,15,16). The van der Waals surface area contributed by atoms with Gasteiger partial charge >= 0.3 is 0 Å². The Morgan fingerprint density at radius 3 is 2.31 bits per heavy atom. The van der Waals surface area contributed by atoms with Crippen molar-refractivity contribution in [3.8, 4) is 0 Å². The molecule has 0 radical (unpaired) electrons. The zero-order valence-electron chi connectivity index (χ0n) is 10.7. The van der Waals surface area contributed by atoms with E-state index < -0.39 is 0 Å². The first-order valence-corrected chi connectivity index (χ1v) is 5.76. The van der Waals surface area contributed by atoms with Gasteiger partial charge in [0.1, 0.15) is 0 Å². The molecule has 1 unspecified atom stereocenters. The van der Waals surface area contributed by atoms with E-state index >= 15 is 0 Å². The average Bonchev–Trinajstić information content (AvgIpc) is 2.25. The van der Waals surface area contributed by atoms with Crippen molar-refractivity contribution in [2.45, 2.75) is 33.6 Å². The summed E-state index contributed by atoms with van der Waals surface area (Å²) < 4.78 is 0. The lowest BCUT2D eigenvalue weighted by atomic mass is 9.95. The number of hydrogen-bond acceptors (Lipinski definition) is 1. The van der Waals surface area contributed by atoms with Crippen molar-refractivity contribution in [3.63, 3.8) is 0 Å². The van der Waals surface area contributed by atoms with Crippen LogP contribution in [-0.4, -0.2) is 12.4 Å². The van der Waals surface area contributed by atoms with Gasteiger partial charge in [-0.1, -0.05) is 58.0 Å². The van der Waals surface area contributed by atoms with Gasteiger partial charge in [-0.15, -0.1) is 0 Å². The van der Waals surface area contributed by atoms with Crippen molar-refractivity contribution < 1.29 is 0 Å². The summed E-state index contributed by atoms with van der Waals surface area (Å²) in [5, 5.41) is 0. The Bertz CT molecular complexity index is 347. The zero-order valence-corrected chi connectivity index (χ0v) is 10.7. The van der Waals surface area contributed by atoms with Crippen LogP contribution in [-0.2, 0) is 0 Å². The highest BCUT2D eigenvalue weighted by Gasteiger charge is 2.15. The first-order valence-electron chi connectivity index (χ1n) is 5.76. The number of nitrogens with two attached hydrogens (primary N) is 1. The Hall–Kier alpha value is -1.31. The van der Waals surface area contributed by atoms with Crippen LogP contribution in [0.3, 0.4) is 0 Å². The van der Waals surface area contributed by atoms with Gasteiger partial charge in [-0.2, -0.15) is 0 Å². The molecule has 0 heterocycles. The number of aliphatic imine (C=N–C) groups is 1. The Labute approximate surface area is 98.6 Å². The van der Waals surface area contributed by atoms with Crippen LogP contribution in [0.1, 0.15) is 39.2 Å². The van der Waals surface area contributed by atoms with E-state index in [-0.39, 0.29) is 5.41 Å². The fourth-order valence-corrected chi connectivity index (χ4v) is 1.36. The molecule has 0 amide bonds. The topological polar surface area (TPSA) is 38.4 Å². The van der Waals surface area contributed by atoms with E-state index in [1.54, 1.807) is 0 Å². The molecule has 0 spiro atoms. The van der Waals surface area contributed by atoms with Crippen LogP contribution in [0.2, 0.25) is 0 Å². The second-order valence-corrected chi connectivity index (χ2v) is 5.29. The molecule has 0 bridgehead atoms. The molecule has 1 aromatic carbocycles. The van der Waals surface area contributed by atoms with Crippen LogP contribution in [0.4, 0.5) is 0 Å². The maximum Gasteiger partial charge on any atom is 0.0991 e. The molecular formula is C14H22N2. The lowest BCUT2D eigenvalue weighted by molar-refractivity contribution is 0.578. The van der Waals surface area contributed by atoms with Gasteiger partial charge in [0.05, 0.1) is 5.84 Å². The smallest absolute Gasteiger partial charge is 0.0991 e. The molecule has 0 aliphatic rings. The molecule has 2 heteroatoms. The molecule has 1 aromatic rings. The first kappa shape index (κ1) is 12.8. The summed E-state index contributed by atoms with van der Waals surface area (Å²) in [6, 6.07) is 10.4. The quantitative estimate of drug-likeness (QED) is 0.614. The number of nitrogens with zero attached hydrogens (tertiary/aromatic N) is 1. The van der Waals surface area contributed by atoms with Crippen molar-refractivity contribution in [2.75, 3.05) is 6.54 Å². The fourth-order valence-electron chi connectivity index (χ4n) is 1.36. The molecular weight excluding hydrogens is 196 g/mol. The van der Waals surface area contributed by atoms with E-state index in [4.69, 9.17) is 5.73 Å². The number of amidine groups is 1. The molecule has 0 saturated carbocycles. The molecule has 88 valence electrons. The van der Waals surface area contributed by atoms with E-state index in [2.05, 4.69) is 57.0 Å². The number of hydrogen-bond donors (Lipinski definition) is 1. The Kier molecular flexibility index (Phi) is 4.11. The van der Waals surface area contributed by atoms with Crippen molar-refractivity contribution in [1.82, 2.24) is 0 Å². The minimum atomic E-state index is -0.0313. The minimum Gasteiger partial charge on any atom is -0.387 e. The fraction of sp³-hybridized carbons (Fsp3) is 0.500. The van der Waals surface area contributed by atoms with Gasteiger partial charge in [-0.25, -0.2) is 0 Å². The summed E-state index contributed by atoms with van der Waals surface area (Å²) in [4.78, 5) is 4.47. The van der Waals surface area contributed by atoms with Crippen LogP contribution in [0.15, 0.2) is 35.3 Å². The number of benzene rings is 1. The van der Waals surface area contributed by atoms with Gasteiger partial charge in [0.25, 0.3) is 0 Å². The van der Waals surface area contributed by atoms with Gasteiger partial charge < -0.3 is 5.73 Å². The second-order valence-electron chi connectivity index (χ2n) is 5.29. The number of rotatable bonds is 3. The minimum absolute atomic E-state index is 0.0313. The van der Waals surface area contributed by atoms with Crippen molar-refractivity contribution >= 4 is 5.84 Å². The highest BCUT2D eigenvalue weighted by atomic mass is 14.9. The third-order valence-corrected chi connectivity index (χ3v) is 2.67. The molecule has 0 aromatic heterocycles. The highest BCUT2D eigenvalue weighted by Crippen LogP contribution is 2.17. The third-order valence-electron chi connectivity index (χ3n) is 2.67. The van der Waals surface area contributed by atoms with E-state index in [9.17, 15) is 0 Å². The summed E-state index contributed by atoms with van der Waals surface area (Å²) >= 11 is 0. The van der Waals surface area contributed by atoms with Crippen molar-refractivity contribution in [1.29, 1.82) is 0 Å². The summed E-state index contributed by atoms with van der Waals surface area (Å²) in [6.45, 7) is 9.18. The maximum absolute atomic E-state index is 5.93. The molecule has 0 aliphatic heterocycles. The molecule has 2 N–H and O–H groups in total. The molecule has 1 rings (SSSR count). The SMILES string of the molecule is CC(CN=C(N)C(C)(C)C)c1ccccc1. The molecule has 16 heavy (non-hydrogen) atoms. The van der Waals surface area contributed by atoms with Gasteiger partial charge in [0.15, 0.2) is 0 Å². The summed E-state index contributed by atoms with van der Waals surface area (Å²) in [6.07, 6.45) is 0. The van der Waals surface area contributed by atoms with Crippen LogP contribution in [0.25, 0.3) is 0 Å². The van der Waals surface area contributed by atoms with Gasteiger partial charge in [-0.05, 0) is 5.56 Å². The lowest BCUT2D eigenvalue weighted by Crippen LogP contribution is -2.29. The summed E-state index contributed by atoms with van der Waals surface area (Å²) in [5.41, 5.74) is 7.21. The Morgan fingerprint density at radius 2 is 1.81 bits per heavy atom. The Balaban J connectivity index is 2.63. The largest absolute Gasteiger partial charge is 0.387 e. The highest BCUT2D eigenvalue weighted by molar-refractivity contribution is 5.85. The van der Waals surface area contributed by atoms with Gasteiger partial charge in [-0.3, -0.25) is 4.99 Å². The zero-order chi connectivity index (χ0) is 12.2. The van der Waals surface area contributed by atoms with E-state index in [0.717, 1.165) is 12.4 Å². The normalized spacial score (nSPS) is 14.9. The van der Waals surface area contributed by atoms with Gasteiger partial charge in [0, 0.05) is 17.9 Å². The lowest BCUT2D eigenvalue weighted by Gasteiger charge is -2.18. The predicted octanol–water partition coefficient (Wildman–Crippen LogP) is 3.19. The first-order chi connectivity index (χ1) is 7.41.